The largest absolute Gasteiger partial charge is 0.433 e. The molecule has 5 rings (SSSR count). The van der Waals surface area contributed by atoms with Crippen LogP contribution in [0.15, 0.2) is 42.6 Å². The molecule has 1 aliphatic carbocycles. The number of halogens is 3. The molecule has 0 spiro atoms. The van der Waals surface area contributed by atoms with Gasteiger partial charge < -0.3 is 4.90 Å². The standard InChI is InChI=1S/C25H26F3N5O2/c26-25(27,28)23-3-1-2-21(29-23)22(34)13-18-6-7-20-19(12-18)15-33(30-20)16-24(35)32-10-8-31(9-11-32)14-17-4-5-17/h1-3,6-7,12,15,17H,4-5,8-11,13-14,16H2. The number of benzene rings is 1. The summed E-state index contributed by atoms with van der Waals surface area (Å²) >= 11 is 0. The molecule has 0 atom stereocenters. The Balaban J connectivity index is 1.21. The fourth-order valence-corrected chi connectivity index (χ4v) is 4.43. The highest BCUT2D eigenvalue weighted by Gasteiger charge is 2.33. The van der Waals surface area contributed by atoms with Crippen LogP contribution < -0.4 is 0 Å². The molecule has 3 aromatic rings. The van der Waals surface area contributed by atoms with Crippen molar-refractivity contribution in [2.24, 2.45) is 5.92 Å². The number of pyridine rings is 1. The van der Waals surface area contributed by atoms with E-state index in [1.54, 1.807) is 29.1 Å². The van der Waals surface area contributed by atoms with Gasteiger partial charge in [0.05, 0.1) is 5.52 Å². The van der Waals surface area contributed by atoms with E-state index in [9.17, 15) is 22.8 Å². The van der Waals surface area contributed by atoms with E-state index in [1.807, 2.05) is 4.90 Å². The Morgan fingerprint density at radius 1 is 1.03 bits per heavy atom. The maximum absolute atomic E-state index is 12.9. The molecular formula is C25H26F3N5O2. The normalized spacial score (nSPS) is 17.2. The van der Waals surface area contributed by atoms with Gasteiger partial charge in [0.2, 0.25) is 5.91 Å². The SMILES string of the molecule is O=C(Cc1ccc2nn(CC(=O)N3CCN(CC4CC4)CC3)cc2c1)c1cccc(C(F)(F)F)n1. The number of fused-ring (bicyclic) bond motifs is 1. The van der Waals surface area contributed by atoms with Crippen LogP contribution in [-0.2, 0) is 23.9 Å². The molecule has 184 valence electrons. The first kappa shape index (κ1) is 23.5. The molecular weight excluding hydrogens is 459 g/mol. The van der Waals surface area contributed by atoms with Crippen molar-refractivity contribution in [1.82, 2.24) is 24.6 Å². The number of ketones is 1. The summed E-state index contributed by atoms with van der Waals surface area (Å²) in [5.41, 5.74) is 0.00679. The van der Waals surface area contributed by atoms with Crippen LogP contribution in [-0.4, -0.2) is 69.0 Å². The number of carbonyl (C=O) groups excluding carboxylic acids is 2. The first-order valence-electron chi connectivity index (χ1n) is 11.8. The first-order chi connectivity index (χ1) is 16.7. The van der Waals surface area contributed by atoms with Crippen molar-refractivity contribution in [2.75, 3.05) is 32.7 Å². The van der Waals surface area contributed by atoms with Crippen LogP contribution >= 0.6 is 0 Å². The maximum atomic E-state index is 12.9. The Morgan fingerprint density at radius 2 is 1.80 bits per heavy atom. The van der Waals surface area contributed by atoms with Gasteiger partial charge in [0, 0.05) is 50.7 Å². The van der Waals surface area contributed by atoms with Crippen molar-refractivity contribution in [3.05, 3.63) is 59.5 Å². The second kappa shape index (κ2) is 9.41. The average molecular weight is 486 g/mol. The van der Waals surface area contributed by atoms with E-state index in [1.165, 1.54) is 25.0 Å². The van der Waals surface area contributed by atoms with Gasteiger partial charge in [-0.25, -0.2) is 4.98 Å². The molecule has 1 aromatic carbocycles. The van der Waals surface area contributed by atoms with Gasteiger partial charge in [0.15, 0.2) is 5.78 Å². The Morgan fingerprint density at radius 3 is 2.51 bits per heavy atom. The molecule has 3 heterocycles. The Kier molecular flexibility index (Phi) is 6.31. The number of amides is 1. The highest BCUT2D eigenvalue weighted by molar-refractivity contribution is 5.96. The van der Waals surface area contributed by atoms with E-state index in [-0.39, 0.29) is 24.6 Å². The molecule has 10 heteroatoms. The quantitative estimate of drug-likeness (QED) is 0.480. The zero-order valence-corrected chi connectivity index (χ0v) is 19.2. The lowest BCUT2D eigenvalue weighted by Gasteiger charge is -2.34. The molecule has 2 fully saturated rings. The summed E-state index contributed by atoms with van der Waals surface area (Å²) in [5, 5.41) is 5.22. The van der Waals surface area contributed by atoms with Gasteiger partial charge in [0.25, 0.3) is 0 Å². The van der Waals surface area contributed by atoms with E-state index in [0.717, 1.165) is 50.1 Å². The van der Waals surface area contributed by atoms with Crippen molar-refractivity contribution >= 4 is 22.6 Å². The minimum Gasteiger partial charge on any atom is -0.339 e. The first-order valence-corrected chi connectivity index (χ1v) is 11.8. The van der Waals surface area contributed by atoms with E-state index in [4.69, 9.17) is 0 Å². The molecule has 35 heavy (non-hydrogen) atoms. The predicted octanol–water partition coefficient (Wildman–Crippen LogP) is 3.43. The zero-order chi connectivity index (χ0) is 24.6. The van der Waals surface area contributed by atoms with Gasteiger partial charge in [-0.1, -0.05) is 12.1 Å². The van der Waals surface area contributed by atoms with E-state index in [0.29, 0.717) is 11.1 Å². The van der Waals surface area contributed by atoms with Crippen LogP contribution in [0, 0.1) is 5.92 Å². The lowest BCUT2D eigenvalue weighted by Crippen LogP contribution is -2.49. The zero-order valence-electron chi connectivity index (χ0n) is 19.2. The lowest BCUT2D eigenvalue weighted by atomic mass is 10.0. The lowest BCUT2D eigenvalue weighted by molar-refractivity contribution is -0.141. The minimum absolute atomic E-state index is 0.0231. The number of aromatic nitrogens is 3. The Hall–Kier alpha value is -3.27. The van der Waals surface area contributed by atoms with E-state index >= 15 is 0 Å². The van der Waals surface area contributed by atoms with Crippen LogP contribution in [0.4, 0.5) is 13.2 Å². The third kappa shape index (κ3) is 5.70. The Bertz CT molecular complexity index is 1240. The van der Waals surface area contributed by atoms with Gasteiger partial charge in [-0.3, -0.25) is 19.2 Å². The summed E-state index contributed by atoms with van der Waals surface area (Å²) in [4.78, 5) is 33.1. The summed E-state index contributed by atoms with van der Waals surface area (Å²) in [6.45, 7) is 4.54. The number of alkyl halides is 3. The molecule has 0 radical (unpaired) electrons. The molecule has 0 unspecified atom stereocenters. The summed E-state index contributed by atoms with van der Waals surface area (Å²) < 4.78 is 40.3. The molecule has 2 aromatic heterocycles. The molecule has 0 bridgehead atoms. The van der Waals surface area contributed by atoms with Crippen molar-refractivity contribution in [2.45, 2.75) is 32.0 Å². The summed E-state index contributed by atoms with van der Waals surface area (Å²) in [6, 6.07) is 8.53. The molecule has 0 N–H and O–H groups in total. The highest BCUT2D eigenvalue weighted by atomic mass is 19.4. The molecule has 1 saturated heterocycles. The summed E-state index contributed by atoms with van der Waals surface area (Å²) in [5.74, 6) is 0.365. The monoisotopic (exact) mass is 485 g/mol. The fraction of sp³-hybridized carbons (Fsp3) is 0.440. The van der Waals surface area contributed by atoms with Crippen LogP contribution in [0.3, 0.4) is 0 Å². The second-order valence-electron chi connectivity index (χ2n) is 9.35. The van der Waals surface area contributed by atoms with Gasteiger partial charge in [-0.15, -0.1) is 0 Å². The second-order valence-corrected chi connectivity index (χ2v) is 9.35. The summed E-state index contributed by atoms with van der Waals surface area (Å²) in [7, 11) is 0. The van der Waals surface area contributed by atoms with E-state index < -0.39 is 17.7 Å². The molecule has 1 saturated carbocycles. The number of nitrogens with zero attached hydrogens (tertiary/aromatic N) is 5. The molecule has 7 nitrogen and oxygen atoms in total. The number of carbonyl (C=O) groups is 2. The van der Waals surface area contributed by atoms with Crippen molar-refractivity contribution in [3.8, 4) is 0 Å². The molecule has 1 amide bonds. The van der Waals surface area contributed by atoms with Crippen LogP contribution in [0.2, 0.25) is 0 Å². The number of Topliss-reactive ketones (excluding diaryl/α,β-unsaturated/α-hetero) is 1. The van der Waals surface area contributed by atoms with Gasteiger partial charge >= 0.3 is 6.18 Å². The highest BCUT2D eigenvalue weighted by Crippen LogP contribution is 2.30. The van der Waals surface area contributed by atoms with Crippen LogP contribution in [0.5, 0.6) is 0 Å². The molecule has 2 aliphatic rings. The number of hydrogen-bond donors (Lipinski definition) is 0. The van der Waals surface area contributed by atoms with Crippen molar-refractivity contribution < 1.29 is 22.8 Å². The topological polar surface area (TPSA) is 71.3 Å². The smallest absolute Gasteiger partial charge is 0.339 e. The predicted molar refractivity (Wildman–Crippen MR) is 123 cm³/mol. The molecule has 1 aliphatic heterocycles. The van der Waals surface area contributed by atoms with Crippen molar-refractivity contribution in [3.63, 3.8) is 0 Å². The van der Waals surface area contributed by atoms with Gasteiger partial charge in [-0.2, -0.15) is 18.3 Å². The Labute approximate surface area is 200 Å². The number of piperazine rings is 1. The van der Waals surface area contributed by atoms with Crippen LogP contribution in [0.1, 0.15) is 34.6 Å². The maximum Gasteiger partial charge on any atom is 0.433 e. The summed E-state index contributed by atoms with van der Waals surface area (Å²) in [6.07, 6.45) is -0.286. The van der Waals surface area contributed by atoms with Gasteiger partial charge in [0.1, 0.15) is 17.9 Å². The third-order valence-electron chi connectivity index (χ3n) is 6.54. The number of rotatable bonds is 7. The third-order valence-corrected chi connectivity index (χ3v) is 6.54. The fourth-order valence-electron chi connectivity index (χ4n) is 4.43. The van der Waals surface area contributed by atoms with Crippen LogP contribution in [0.25, 0.3) is 10.9 Å². The van der Waals surface area contributed by atoms with Gasteiger partial charge in [-0.05, 0) is 48.6 Å². The average Bonchev–Trinajstić information content (AvgIpc) is 3.55. The van der Waals surface area contributed by atoms with E-state index in [2.05, 4.69) is 15.0 Å². The minimum atomic E-state index is -4.61. The number of hydrogen-bond acceptors (Lipinski definition) is 5. The van der Waals surface area contributed by atoms with Crippen molar-refractivity contribution in [1.29, 1.82) is 0 Å².